The SMILES string of the molecule is Cc1ccc(N([C@@H](C)C(=O)NCCOc2ccccc2C)S(C)(=O)=O)cc1. The zero-order chi connectivity index (χ0) is 20.0. The standard InChI is InChI=1S/C20H26N2O4S/c1-15-9-11-18(12-10-15)22(27(4,24)25)17(3)20(23)21-13-14-26-19-8-6-5-7-16(19)2/h5-12,17H,13-14H2,1-4H3,(H,21,23)/t17-/m0/s1. The first-order valence-electron chi connectivity index (χ1n) is 8.72. The molecule has 1 amide bonds. The maximum atomic E-state index is 12.5. The third-order valence-electron chi connectivity index (χ3n) is 4.13. The van der Waals surface area contributed by atoms with Crippen LogP contribution in [0.1, 0.15) is 18.1 Å². The Kier molecular flexibility index (Phi) is 6.85. The Balaban J connectivity index is 1.98. The van der Waals surface area contributed by atoms with Crippen LogP contribution in [0.5, 0.6) is 5.75 Å². The number of amides is 1. The number of sulfonamides is 1. The van der Waals surface area contributed by atoms with Gasteiger partial charge >= 0.3 is 0 Å². The summed E-state index contributed by atoms with van der Waals surface area (Å²) in [5.41, 5.74) is 2.49. The van der Waals surface area contributed by atoms with Crippen molar-refractivity contribution in [2.24, 2.45) is 0 Å². The van der Waals surface area contributed by atoms with Gasteiger partial charge in [-0.1, -0.05) is 35.9 Å². The van der Waals surface area contributed by atoms with Gasteiger partial charge in [-0.2, -0.15) is 0 Å². The molecule has 2 aromatic carbocycles. The van der Waals surface area contributed by atoms with Crippen LogP contribution in [0.25, 0.3) is 0 Å². The van der Waals surface area contributed by atoms with Gasteiger partial charge < -0.3 is 10.1 Å². The van der Waals surface area contributed by atoms with E-state index in [0.29, 0.717) is 12.3 Å². The van der Waals surface area contributed by atoms with Crippen molar-refractivity contribution >= 4 is 21.6 Å². The number of aryl methyl sites for hydroxylation is 2. The van der Waals surface area contributed by atoms with Crippen molar-refractivity contribution < 1.29 is 17.9 Å². The number of hydrogen-bond acceptors (Lipinski definition) is 4. The van der Waals surface area contributed by atoms with Gasteiger partial charge in [0.15, 0.2) is 0 Å². The molecule has 0 radical (unpaired) electrons. The largest absolute Gasteiger partial charge is 0.491 e. The maximum absolute atomic E-state index is 12.5. The monoisotopic (exact) mass is 390 g/mol. The highest BCUT2D eigenvalue weighted by atomic mass is 32.2. The van der Waals surface area contributed by atoms with Gasteiger partial charge in [0.05, 0.1) is 18.5 Å². The molecule has 0 aliphatic carbocycles. The first kappa shape index (κ1) is 20.8. The van der Waals surface area contributed by atoms with Gasteiger partial charge in [-0.15, -0.1) is 0 Å². The summed E-state index contributed by atoms with van der Waals surface area (Å²) in [6, 6.07) is 13.8. The zero-order valence-corrected chi connectivity index (χ0v) is 16.9. The lowest BCUT2D eigenvalue weighted by Crippen LogP contribution is -2.48. The van der Waals surface area contributed by atoms with Crippen molar-refractivity contribution in [2.75, 3.05) is 23.7 Å². The fraction of sp³-hybridized carbons (Fsp3) is 0.350. The number of rotatable bonds is 8. The van der Waals surface area contributed by atoms with Gasteiger partial charge in [-0.25, -0.2) is 8.42 Å². The van der Waals surface area contributed by atoms with Crippen molar-refractivity contribution in [2.45, 2.75) is 26.8 Å². The molecule has 0 saturated carbocycles. The van der Waals surface area contributed by atoms with Crippen LogP contribution in [0, 0.1) is 13.8 Å². The van der Waals surface area contributed by atoms with Gasteiger partial charge in [0.1, 0.15) is 18.4 Å². The molecule has 2 rings (SSSR count). The van der Waals surface area contributed by atoms with Gasteiger partial charge in [-0.05, 0) is 44.5 Å². The number of nitrogens with zero attached hydrogens (tertiary/aromatic N) is 1. The second-order valence-corrected chi connectivity index (χ2v) is 8.33. The molecule has 0 fully saturated rings. The molecule has 1 N–H and O–H groups in total. The van der Waals surface area contributed by atoms with E-state index >= 15 is 0 Å². The van der Waals surface area contributed by atoms with Gasteiger partial charge in [0, 0.05) is 0 Å². The van der Waals surface area contributed by atoms with Crippen LogP contribution in [0.2, 0.25) is 0 Å². The van der Waals surface area contributed by atoms with Crippen LogP contribution in [0.4, 0.5) is 5.69 Å². The minimum absolute atomic E-state index is 0.281. The van der Waals surface area contributed by atoms with E-state index in [2.05, 4.69) is 5.32 Å². The summed E-state index contributed by atoms with van der Waals surface area (Å²) < 4.78 is 31.2. The molecule has 0 spiro atoms. The maximum Gasteiger partial charge on any atom is 0.243 e. The van der Waals surface area contributed by atoms with E-state index in [1.165, 1.54) is 0 Å². The summed E-state index contributed by atoms with van der Waals surface area (Å²) in [4.78, 5) is 12.5. The molecule has 0 unspecified atom stereocenters. The number of anilines is 1. The highest BCUT2D eigenvalue weighted by Crippen LogP contribution is 2.21. The number of carbonyl (C=O) groups excluding carboxylic acids is 1. The average Bonchev–Trinajstić information content (AvgIpc) is 2.60. The Hall–Kier alpha value is -2.54. The van der Waals surface area contributed by atoms with E-state index < -0.39 is 16.1 Å². The van der Waals surface area contributed by atoms with E-state index in [1.54, 1.807) is 19.1 Å². The molecule has 1 atom stereocenters. The second kappa shape index (κ2) is 8.90. The molecule has 0 aliphatic rings. The van der Waals surface area contributed by atoms with Crippen LogP contribution < -0.4 is 14.4 Å². The Morgan fingerprint density at radius 3 is 2.33 bits per heavy atom. The minimum Gasteiger partial charge on any atom is -0.491 e. The fourth-order valence-electron chi connectivity index (χ4n) is 2.70. The lowest BCUT2D eigenvalue weighted by Gasteiger charge is -2.28. The number of nitrogens with one attached hydrogen (secondary N) is 1. The third kappa shape index (κ3) is 5.72. The van der Waals surface area contributed by atoms with E-state index in [9.17, 15) is 13.2 Å². The number of hydrogen-bond donors (Lipinski definition) is 1. The smallest absolute Gasteiger partial charge is 0.243 e. The van der Waals surface area contributed by atoms with Crippen molar-refractivity contribution in [1.29, 1.82) is 0 Å². The molecule has 0 saturated heterocycles. The van der Waals surface area contributed by atoms with Gasteiger partial charge in [0.25, 0.3) is 0 Å². The highest BCUT2D eigenvalue weighted by molar-refractivity contribution is 7.92. The summed E-state index contributed by atoms with van der Waals surface area (Å²) in [7, 11) is -3.61. The van der Waals surface area contributed by atoms with E-state index in [0.717, 1.165) is 27.4 Å². The van der Waals surface area contributed by atoms with E-state index in [-0.39, 0.29) is 12.5 Å². The summed E-state index contributed by atoms with van der Waals surface area (Å²) in [5, 5.41) is 2.74. The van der Waals surface area contributed by atoms with Gasteiger partial charge in [0.2, 0.25) is 15.9 Å². The summed E-state index contributed by atoms with van der Waals surface area (Å²) in [6.07, 6.45) is 1.10. The molecule has 146 valence electrons. The average molecular weight is 391 g/mol. The summed E-state index contributed by atoms with van der Waals surface area (Å²) in [6.45, 7) is 6.01. The lowest BCUT2D eigenvalue weighted by atomic mass is 10.2. The molecule has 0 bridgehead atoms. The number of para-hydroxylation sites is 1. The molecule has 0 aliphatic heterocycles. The van der Waals surface area contributed by atoms with Crippen molar-refractivity contribution in [1.82, 2.24) is 5.32 Å². The highest BCUT2D eigenvalue weighted by Gasteiger charge is 2.28. The number of carbonyl (C=O) groups is 1. The van der Waals surface area contributed by atoms with E-state index in [1.807, 2.05) is 50.2 Å². The molecule has 0 heterocycles. The fourth-order valence-corrected chi connectivity index (χ4v) is 3.88. The van der Waals surface area contributed by atoms with Crippen LogP contribution >= 0.6 is 0 Å². The Bertz CT molecular complexity index is 879. The van der Waals surface area contributed by atoms with Crippen molar-refractivity contribution in [3.8, 4) is 5.75 Å². The number of ether oxygens (including phenoxy) is 1. The van der Waals surface area contributed by atoms with E-state index in [4.69, 9.17) is 4.74 Å². The molecule has 6 nitrogen and oxygen atoms in total. The first-order valence-corrected chi connectivity index (χ1v) is 10.6. The quantitative estimate of drug-likeness (QED) is 0.703. The molecular formula is C20H26N2O4S. The Labute approximate surface area is 161 Å². The van der Waals surface area contributed by atoms with Crippen LogP contribution in [-0.4, -0.2) is 39.8 Å². The molecule has 0 aromatic heterocycles. The summed E-state index contributed by atoms with van der Waals surface area (Å²) in [5.74, 6) is 0.381. The molecule has 2 aromatic rings. The van der Waals surface area contributed by atoms with Gasteiger partial charge in [-0.3, -0.25) is 9.10 Å². The predicted molar refractivity (Wildman–Crippen MR) is 108 cm³/mol. The zero-order valence-electron chi connectivity index (χ0n) is 16.1. The van der Waals surface area contributed by atoms with Crippen molar-refractivity contribution in [3.63, 3.8) is 0 Å². The second-order valence-electron chi connectivity index (χ2n) is 6.48. The summed E-state index contributed by atoms with van der Waals surface area (Å²) >= 11 is 0. The molecule has 7 heteroatoms. The van der Waals surface area contributed by atoms with Crippen molar-refractivity contribution in [3.05, 3.63) is 59.7 Å². The lowest BCUT2D eigenvalue weighted by molar-refractivity contribution is -0.121. The molecular weight excluding hydrogens is 364 g/mol. The minimum atomic E-state index is -3.61. The Morgan fingerprint density at radius 2 is 1.74 bits per heavy atom. The molecule has 27 heavy (non-hydrogen) atoms. The van der Waals surface area contributed by atoms with Crippen LogP contribution in [0.3, 0.4) is 0 Å². The third-order valence-corrected chi connectivity index (χ3v) is 5.37. The number of benzene rings is 2. The van der Waals surface area contributed by atoms with Crippen LogP contribution in [-0.2, 0) is 14.8 Å². The normalized spacial score (nSPS) is 12.3. The Morgan fingerprint density at radius 1 is 1.11 bits per heavy atom. The van der Waals surface area contributed by atoms with Crippen LogP contribution in [0.15, 0.2) is 48.5 Å². The predicted octanol–water partition coefficient (Wildman–Crippen LogP) is 2.65. The topological polar surface area (TPSA) is 75.7 Å². The first-order chi connectivity index (χ1) is 12.7.